The molecule has 0 aromatic heterocycles. The Hall–Kier alpha value is -5.35. The number of hydrogen-bond donors (Lipinski definition) is 3. The highest BCUT2D eigenvalue weighted by atomic mass is 32.2. The maximum Gasteiger partial charge on any atom is 0.338 e. The van der Waals surface area contributed by atoms with Gasteiger partial charge in [-0.1, -0.05) is 49.7 Å². The van der Waals surface area contributed by atoms with E-state index in [1.54, 1.807) is 110 Å². The van der Waals surface area contributed by atoms with Gasteiger partial charge in [-0.3, -0.25) is 14.4 Å². The number of ether oxygens (including phenoxy) is 2. The molecule has 0 aliphatic heterocycles. The number of esters is 1. The molecule has 9 nitrogen and oxygen atoms in total. The number of rotatable bonds is 14. The summed E-state index contributed by atoms with van der Waals surface area (Å²) < 4.78 is 10.5. The Labute approximate surface area is 272 Å². The number of nitrogens with one attached hydrogen (secondary N) is 3. The molecule has 4 aromatic carbocycles. The van der Waals surface area contributed by atoms with Gasteiger partial charge in [-0.25, -0.2) is 4.79 Å². The minimum absolute atomic E-state index is 0.0415. The van der Waals surface area contributed by atoms with Gasteiger partial charge in [0.15, 0.2) is 0 Å². The molecule has 0 aliphatic rings. The largest absolute Gasteiger partial charge is 0.497 e. The van der Waals surface area contributed by atoms with Gasteiger partial charge in [0.1, 0.15) is 11.4 Å². The van der Waals surface area contributed by atoms with E-state index >= 15 is 0 Å². The van der Waals surface area contributed by atoms with Crippen molar-refractivity contribution in [3.8, 4) is 5.75 Å². The Morgan fingerprint density at radius 2 is 1.54 bits per heavy atom. The van der Waals surface area contributed by atoms with Crippen molar-refractivity contribution in [2.45, 2.75) is 24.7 Å². The monoisotopic (exact) mass is 637 g/mol. The van der Waals surface area contributed by atoms with Crippen LogP contribution in [0.2, 0.25) is 0 Å². The third-order valence-corrected chi connectivity index (χ3v) is 7.52. The lowest BCUT2D eigenvalue weighted by molar-refractivity contribution is -0.114. The molecule has 0 radical (unpaired) electrons. The van der Waals surface area contributed by atoms with Gasteiger partial charge in [0.25, 0.3) is 11.8 Å². The molecule has 0 saturated carbocycles. The molecule has 0 saturated heterocycles. The summed E-state index contributed by atoms with van der Waals surface area (Å²) in [6.07, 6.45) is 3.32. The van der Waals surface area contributed by atoms with Gasteiger partial charge in [0.05, 0.1) is 25.0 Å². The van der Waals surface area contributed by atoms with Gasteiger partial charge in [0.2, 0.25) is 5.91 Å². The Morgan fingerprint density at radius 3 is 2.28 bits per heavy atom. The number of amides is 3. The van der Waals surface area contributed by atoms with Crippen LogP contribution in [0.4, 0.5) is 11.4 Å². The second-order valence-corrected chi connectivity index (χ2v) is 11.1. The number of thioether (sulfide) groups is 1. The molecular weight excluding hydrogens is 602 g/mol. The summed E-state index contributed by atoms with van der Waals surface area (Å²) in [4.78, 5) is 51.8. The lowest BCUT2D eigenvalue weighted by Crippen LogP contribution is -2.30. The lowest BCUT2D eigenvalue weighted by atomic mass is 10.1. The first-order valence-corrected chi connectivity index (χ1v) is 15.7. The van der Waals surface area contributed by atoms with Crippen molar-refractivity contribution in [1.82, 2.24) is 5.32 Å². The van der Waals surface area contributed by atoms with E-state index in [9.17, 15) is 19.2 Å². The molecule has 4 aromatic rings. The van der Waals surface area contributed by atoms with E-state index in [1.165, 1.54) is 11.8 Å². The number of methoxy groups -OCH3 is 1. The molecule has 4 rings (SSSR count). The molecule has 0 aliphatic carbocycles. The number of hydrogen-bond acceptors (Lipinski definition) is 7. The van der Waals surface area contributed by atoms with Crippen LogP contribution in [0, 0.1) is 0 Å². The van der Waals surface area contributed by atoms with Gasteiger partial charge < -0.3 is 25.4 Å². The van der Waals surface area contributed by atoms with Crippen molar-refractivity contribution >= 4 is 52.9 Å². The summed E-state index contributed by atoms with van der Waals surface area (Å²) in [5.41, 5.74) is 2.58. The van der Waals surface area contributed by atoms with Crippen LogP contribution in [-0.4, -0.2) is 43.2 Å². The molecular formula is C36H35N3O6S. The summed E-state index contributed by atoms with van der Waals surface area (Å²) >= 11 is 1.30. The predicted octanol–water partition coefficient (Wildman–Crippen LogP) is 6.79. The summed E-state index contributed by atoms with van der Waals surface area (Å²) in [7, 11) is 1.55. The van der Waals surface area contributed by atoms with Crippen molar-refractivity contribution in [3.05, 3.63) is 126 Å². The first-order chi connectivity index (χ1) is 22.3. The highest BCUT2D eigenvalue weighted by Crippen LogP contribution is 2.23. The molecule has 46 heavy (non-hydrogen) atoms. The number of carbonyl (C=O) groups is 4. The maximum absolute atomic E-state index is 13.4. The highest BCUT2D eigenvalue weighted by Gasteiger charge is 2.16. The summed E-state index contributed by atoms with van der Waals surface area (Å²) in [5.74, 6) is -0.852. The van der Waals surface area contributed by atoms with Crippen LogP contribution in [0.5, 0.6) is 5.75 Å². The fraction of sp³-hybridized carbons (Fsp3) is 0.167. The first-order valence-electron chi connectivity index (χ1n) is 14.7. The summed E-state index contributed by atoms with van der Waals surface area (Å²) in [6.45, 7) is 2.40. The fourth-order valence-corrected chi connectivity index (χ4v) is 4.89. The predicted molar refractivity (Wildman–Crippen MR) is 181 cm³/mol. The Kier molecular flexibility index (Phi) is 12.6. The second kappa shape index (κ2) is 17.2. The van der Waals surface area contributed by atoms with E-state index in [2.05, 4.69) is 16.0 Å². The van der Waals surface area contributed by atoms with E-state index in [1.807, 2.05) is 13.0 Å². The van der Waals surface area contributed by atoms with E-state index in [-0.39, 0.29) is 17.4 Å². The Bertz CT molecular complexity index is 1690. The van der Waals surface area contributed by atoms with Crippen LogP contribution >= 0.6 is 11.8 Å². The molecule has 0 bridgehead atoms. The van der Waals surface area contributed by atoms with Gasteiger partial charge in [-0.05, 0) is 84.8 Å². The molecule has 3 N–H and O–H groups in total. The van der Waals surface area contributed by atoms with Crippen molar-refractivity contribution < 1.29 is 28.7 Å². The molecule has 0 unspecified atom stereocenters. The minimum atomic E-state index is -0.523. The quantitative estimate of drug-likeness (QED) is 0.0602. The van der Waals surface area contributed by atoms with Crippen LogP contribution in [0.3, 0.4) is 0 Å². The molecule has 3 amide bonds. The van der Waals surface area contributed by atoms with E-state index in [4.69, 9.17) is 9.47 Å². The highest BCUT2D eigenvalue weighted by molar-refractivity contribution is 8.00. The molecule has 0 spiro atoms. The number of benzene rings is 4. The van der Waals surface area contributed by atoms with Crippen LogP contribution in [-0.2, 0) is 14.3 Å². The number of unbranched alkanes of at least 4 members (excludes halogenated alkanes) is 1. The summed E-state index contributed by atoms with van der Waals surface area (Å²) in [6, 6.07) is 29.3. The fourth-order valence-electron chi connectivity index (χ4n) is 4.13. The van der Waals surface area contributed by atoms with Gasteiger partial charge in [-0.2, -0.15) is 0 Å². The van der Waals surface area contributed by atoms with Crippen LogP contribution in [0.15, 0.2) is 114 Å². The zero-order valence-corrected chi connectivity index (χ0v) is 26.4. The number of anilines is 2. The van der Waals surface area contributed by atoms with Gasteiger partial charge >= 0.3 is 5.97 Å². The van der Waals surface area contributed by atoms with E-state index in [0.717, 1.165) is 17.7 Å². The average Bonchev–Trinajstić information content (AvgIpc) is 3.08. The standard InChI is InChI=1S/C36H35N3O6S/c1-3-4-20-45-36(43)27-16-18-28(19-17-27)37-33(40)24-46-31-15-9-13-29(23-31)38-35(42)32(22-25-10-8-14-30(21-25)44-2)39-34(41)26-11-6-5-7-12-26/h5-19,21-23H,3-4,20,24H2,1-2H3,(H,37,40)(H,38,42)(H,39,41)/b32-22-. The third kappa shape index (κ3) is 10.4. The lowest BCUT2D eigenvalue weighted by Gasteiger charge is -2.12. The van der Waals surface area contributed by atoms with E-state index < -0.39 is 17.8 Å². The smallest absolute Gasteiger partial charge is 0.338 e. The molecule has 0 heterocycles. The molecule has 10 heteroatoms. The van der Waals surface area contributed by atoms with Crippen molar-refractivity contribution in [2.24, 2.45) is 0 Å². The van der Waals surface area contributed by atoms with Crippen LogP contribution < -0.4 is 20.7 Å². The van der Waals surface area contributed by atoms with Crippen molar-refractivity contribution in [2.75, 3.05) is 30.1 Å². The normalized spacial score (nSPS) is 10.9. The van der Waals surface area contributed by atoms with Crippen molar-refractivity contribution in [1.29, 1.82) is 0 Å². The zero-order chi connectivity index (χ0) is 32.7. The minimum Gasteiger partial charge on any atom is -0.497 e. The molecule has 0 atom stereocenters. The SMILES string of the molecule is CCCCOC(=O)c1ccc(NC(=O)CSc2cccc(NC(=O)/C(=C/c3cccc(OC)c3)NC(=O)c3ccccc3)c2)cc1. The topological polar surface area (TPSA) is 123 Å². The Morgan fingerprint density at radius 1 is 0.783 bits per heavy atom. The zero-order valence-electron chi connectivity index (χ0n) is 25.6. The second-order valence-electron chi connectivity index (χ2n) is 10.0. The van der Waals surface area contributed by atoms with Gasteiger partial charge in [0, 0.05) is 21.8 Å². The molecule has 0 fully saturated rings. The van der Waals surface area contributed by atoms with Crippen LogP contribution in [0.25, 0.3) is 6.08 Å². The molecule has 236 valence electrons. The summed E-state index contributed by atoms with van der Waals surface area (Å²) in [5, 5.41) is 8.38. The van der Waals surface area contributed by atoms with E-state index in [0.29, 0.717) is 40.4 Å². The average molecular weight is 638 g/mol. The van der Waals surface area contributed by atoms with Crippen molar-refractivity contribution in [3.63, 3.8) is 0 Å². The first kappa shape index (κ1) is 33.5. The number of carbonyl (C=O) groups excluding carboxylic acids is 4. The van der Waals surface area contributed by atoms with Crippen LogP contribution in [0.1, 0.15) is 46.0 Å². The third-order valence-electron chi connectivity index (χ3n) is 6.53. The maximum atomic E-state index is 13.4. The Balaban J connectivity index is 1.38. The van der Waals surface area contributed by atoms with Gasteiger partial charge in [-0.15, -0.1) is 11.8 Å².